The van der Waals surface area contributed by atoms with E-state index in [1.54, 1.807) is 6.07 Å². The van der Waals surface area contributed by atoms with E-state index in [4.69, 9.17) is 10.5 Å². The Morgan fingerprint density at radius 2 is 2.19 bits per heavy atom. The highest BCUT2D eigenvalue weighted by atomic mass is 35.5. The van der Waals surface area contributed by atoms with Gasteiger partial charge in [-0.15, -0.1) is 12.4 Å². The van der Waals surface area contributed by atoms with E-state index in [2.05, 4.69) is 6.92 Å². The monoisotopic (exact) mass is 243 g/mol. The summed E-state index contributed by atoms with van der Waals surface area (Å²) in [5, 5.41) is 0. The van der Waals surface area contributed by atoms with Crippen LogP contribution in [0.15, 0.2) is 24.3 Å². The minimum Gasteiger partial charge on any atom is -0.427 e. The van der Waals surface area contributed by atoms with Gasteiger partial charge in [-0.3, -0.25) is 4.79 Å². The molecule has 1 aromatic rings. The van der Waals surface area contributed by atoms with Crippen molar-refractivity contribution in [1.29, 1.82) is 0 Å². The summed E-state index contributed by atoms with van der Waals surface area (Å²) in [6.45, 7) is 3.48. The average Bonchev–Trinajstić information content (AvgIpc) is 2.17. The molecule has 0 unspecified atom stereocenters. The van der Waals surface area contributed by atoms with E-state index in [1.807, 2.05) is 18.2 Å². The maximum atomic E-state index is 10.8. The molecule has 0 spiro atoms. The summed E-state index contributed by atoms with van der Waals surface area (Å²) < 4.78 is 4.99. The van der Waals surface area contributed by atoms with Crippen molar-refractivity contribution in [2.75, 3.05) is 0 Å². The number of hydrogen-bond acceptors (Lipinski definition) is 3. The number of carbonyl (C=O) groups is 1. The third-order valence-electron chi connectivity index (χ3n) is 2.15. The van der Waals surface area contributed by atoms with E-state index in [1.165, 1.54) is 6.92 Å². The van der Waals surface area contributed by atoms with E-state index >= 15 is 0 Å². The van der Waals surface area contributed by atoms with Gasteiger partial charge in [0, 0.05) is 13.0 Å². The Labute approximate surface area is 102 Å². The summed E-state index contributed by atoms with van der Waals surface area (Å²) in [4.78, 5) is 10.8. The third-order valence-corrected chi connectivity index (χ3v) is 2.15. The zero-order chi connectivity index (χ0) is 11.3. The summed E-state index contributed by atoms with van der Waals surface area (Å²) in [5.41, 5.74) is 6.97. The van der Waals surface area contributed by atoms with E-state index < -0.39 is 0 Å². The van der Waals surface area contributed by atoms with Crippen molar-refractivity contribution in [3.05, 3.63) is 29.8 Å². The first-order valence-corrected chi connectivity index (χ1v) is 5.17. The highest BCUT2D eigenvalue weighted by Gasteiger charge is 2.06. The quantitative estimate of drug-likeness (QED) is 0.654. The molecule has 0 radical (unpaired) electrons. The largest absolute Gasteiger partial charge is 0.427 e. The molecule has 3 nitrogen and oxygen atoms in total. The lowest BCUT2D eigenvalue weighted by Gasteiger charge is -2.11. The van der Waals surface area contributed by atoms with Crippen LogP contribution in [0.3, 0.4) is 0 Å². The third kappa shape index (κ3) is 4.64. The van der Waals surface area contributed by atoms with Gasteiger partial charge in [-0.05, 0) is 24.1 Å². The molecular weight excluding hydrogens is 226 g/mol. The number of carbonyl (C=O) groups excluding carboxylic acids is 1. The van der Waals surface area contributed by atoms with Crippen molar-refractivity contribution in [3.63, 3.8) is 0 Å². The van der Waals surface area contributed by atoms with Gasteiger partial charge < -0.3 is 10.5 Å². The van der Waals surface area contributed by atoms with Crippen molar-refractivity contribution >= 4 is 18.4 Å². The second-order valence-electron chi connectivity index (χ2n) is 3.56. The lowest BCUT2D eigenvalue weighted by atomic mass is 10.0. The molecule has 0 fully saturated rings. The van der Waals surface area contributed by atoms with Crippen LogP contribution in [0, 0.1) is 0 Å². The number of halogens is 1. The standard InChI is InChI=1S/C12H17NO2.ClH/c1-3-5-12(13)10-6-4-7-11(8-10)15-9(2)14;/h4,6-8,12H,3,5,13H2,1-2H3;1H/t12-;/m1./s1. The normalized spacial score (nSPS) is 11.4. The number of ether oxygens (including phenoxy) is 1. The van der Waals surface area contributed by atoms with E-state index in [9.17, 15) is 4.79 Å². The SMILES string of the molecule is CCC[C@@H](N)c1cccc(OC(C)=O)c1.Cl. The predicted octanol–water partition coefficient (Wildman–Crippen LogP) is 2.83. The summed E-state index contributed by atoms with van der Waals surface area (Å²) >= 11 is 0. The molecular formula is C12H18ClNO2. The van der Waals surface area contributed by atoms with Gasteiger partial charge in [-0.1, -0.05) is 25.5 Å². The molecule has 1 aromatic carbocycles. The van der Waals surface area contributed by atoms with E-state index in [0.29, 0.717) is 5.75 Å². The molecule has 0 aliphatic heterocycles. The maximum Gasteiger partial charge on any atom is 0.308 e. The fourth-order valence-corrected chi connectivity index (χ4v) is 1.45. The van der Waals surface area contributed by atoms with E-state index in [-0.39, 0.29) is 24.4 Å². The molecule has 0 aliphatic rings. The second-order valence-corrected chi connectivity index (χ2v) is 3.56. The Hall–Kier alpha value is -1.06. The van der Waals surface area contributed by atoms with Gasteiger partial charge in [0.15, 0.2) is 0 Å². The fraction of sp³-hybridized carbons (Fsp3) is 0.417. The summed E-state index contributed by atoms with van der Waals surface area (Å²) in [7, 11) is 0. The van der Waals surface area contributed by atoms with Crippen LogP contribution in [0.5, 0.6) is 5.75 Å². The van der Waals surface area contributed by atoms with Gasteiger partial charge in [-0.25, -0.2) is 0 Å². The molecule has 4 heteroatoms. The van der Waals surface area contributed by atoms with Crippen molar-refractivity contribution in [1.82, 2.24) is 0 Å². The van der Waals surface area contributed by atoms with E-state index in [0.717, 1.165) is 18.4 Å². The molecule has 0 bridgehead atoms. The molecule has 16 heavy (non-hydrogen) atoms. The Kier molecular flexibility index (Phi) is 6.77. The minimum atomic E-state index is -0.309. The first-order chi connectivity index (χ1) is 7.13. The lowest BCUT2D eigenvalue weighted by molar-refractivity contribution is -0.131. The van der Waals surface area contributed by atoms with Crippen LogP contribution in [-0.2, 0) is 4.79 Å². The number of esters is 1. The average molecular weight is 244 g/mol. The van der Waals surface area contributed by atoms with Gasteiger partial charge in [0.25, 0.3) is 0 Å². The molecule has 2 N–H and O–H groups in total. The van der Waals surface area contributed by atoms with Crippen LogP contribution in [0.25, 0.3) is 0 Å². The Morgan fingerprint density at radius 1 is 1.50 bits per heavy atom. The van der Waals surface area contributed by atoms with Gasteiger partial charge >= 0.3 is 5.97 Å². The second kappa shape index (κ2) is 7.25. The first kappa shape index (κ1) is 14.9. The van der Waals surface area contributed by atoms with Crippen molar-refractivity contribution in [3.8, 4) is 5.75 Å². The predicted molar refractivity (Wildman–Crippen MR) is 66.8 cm³/mol. The molecule has 0 saturated heterocycles. The molecule has 0 amide bonds. The zero-order valence-corrected chi connectivity index (χ0v) is 10.4. The number of hydrogen-bond donors (Lipinski definition) is 1. The molecule has 0 aliphatic carbocycles. The molecule has 90 valence electrons. The Morgan fingerprint density at radius 3 is 2.75 bits per heavy atom. The Balaban J connectivity index is 0.00000225. The highest BCUT2D eigenvalue weighted by Crippen LogP contribution is 2.20. The van der Waals surface area contributed by atoms with Gasteiger partial charge in [0.2, 0.25) is 0 Å². The van der Waals surface area contributed by atoms with Crippen molar-refractivity contribution < 1.29 is 9.53 Å². The van der Waals surface area contributed by atoms with Gasteiger partial charge in [0.05, 0.1) is 0 Å². The number of benzene rings is 1. The van der Waals surface area contributed by atoms with Crippen LogP contribution in [0.2, 0.25) is 0 Å². The van der Waals surface area contributed by atoms with Crippen LogP contribution in [-0.4, -0.2) is 5.97 Å². The smallest absolute Gasteiger partial charge is 0.308 e. The number of nitrogens with two attached hydrogens (primary N) is 1. The summed E-state index contributed by atoms with van der Waals surface area (Å²) in [6.07, 6.45) is 1.97. The number of rotatable bonds is 4. The van der Waals surface area contributed by atoms with Crippen molar-refractivity contribution in [2.24, 2.45) is 5.73 Å². The summed E-state index contributed by atoms with van der Waals surface area (Å²) in [6, 6.07) is 7.40. The molecule has 1 rings (SSSR count). The van der Waals surface area contributed by atoms with Crippen LogP contribution in [0.1, 0.15) is 38.3 Å². The topological polar surface area (TPSA) is 52.3 Å². The minimum absolute atomic E-state index is 0. The van der Waals surface area contributed by atoms with Crippen LogP contribution in [0.4, 0.5) is 0 Å². The lowest BCUT2D eigenvalue weighted by Crippen LogP contribution is -2.10. The van der Waals surface area contributed by atoms with Crippen molar-refractivity contribution in [2.45, 2.75) is 32.7 Å². The Bertz CT molecular complexity index is 342. The highest BCUT2D eigenvalue weighted by molar-refractivity contribution is 5.85. The molecule has 0 aromatic heterocycles. The molecule has 1 atom stereocenters. The molecule has 0 heterocycles. The van der Waals surface area contributed by atoms with Gasteiger partial charge in [-0.2, -0.15) is 0 Å². The maximum absolute atomic E-state index is 10.8. The first-order valence-electron chi connectivity index (χ1n) is 5.17. The zero-order valence-electron chi connectivity index (χ0n) is 9.60. The van der Waals surface area contributed by atoms with Crippen LogP contribution >= 0.6 is 12.4 Å². The molecule has 0 saturated carbocycles. The summed E-state index contributed by atoms with van der Waals surface area (Å²) in [5.74, 6) is 0.253. The fourth-order valence-electron chi connectivity index (χ4n) is 1.45. The van der Waals surface area contributed by atoms with Crippen LogP contribution < -0.4 is 10.5 Å². The van der Waals surface area contributed by atoms with Gasteiger partial charge in [0.1, 0.15) is 5.75 Å².